The number of ether oxygens (including phenoxy) is 1. The van der Waals surface area contributed by atoms with Gasteiger partial charge in [-0.15, -0.1) is 0 Å². The Hall–Kier alpha value is -2.95. The van der Waals surface area contributed by atoms with Crippen LogP contribution in [0.25, 0.3) is 10.9 Å². The van der Waals surface area contributed by atoms with Crippen LogP contribution in [-0.4, -0.2) is 9.91 Å². The normalized spacial score (nSPS) is 10.7. The van der Waals surface area contributed by atoms with Crippen LogP contribution in [0.2, 0.25) is 0 Å². The molecule has 0 amide bonds. The number of benzene rings is 2. The first-order valence-electron chi connectivity index (χ1n) is 7.91. The van der Waals surface area contributed by atoms with Crippen molar-refractivity contribution in [3.8, 4) is 5.75 Å². The van der Waals surface area contributed by atoms with E-state index in [1.165, 1.54) is 6.20 Å². The van der Waals surface area contributed by atoms with Gasteiger partial charge in [-0.1, -0.05) is 43.7 Å². The second-order valence-electron chi connectivity index (χ2n) is 5.58. The van der Waals surface area contributed by atoms with Crippen LogP contribution in [0.3, 0.4) is 0 Å². The molecular formula is C19H18N2O3. The van der Waals surface area contributed by atoms with Crippen LogP contribution in [-0.2, 0) is 13.0 Å². The number of nitro groups is 1. The maximum absolute atomic E-state index is 11.3. The molecule has 0 atom stereocenters. The molecule has 1 aromatic heterocycles. The van der Waals surface area contributed by atoms with Gasteiger partial charge in [0.1, 0.15) is 18.6 Å². The average Bonchev–Trinajstić information content (AvgIpc) is 2.61. The lowest BCUT2D eigenvalue weighted by Gasteiger charge is -2.10. The lowest BCUT2D eigenvalue weighted by molar-refractivity contribution is -0.385. The Kier molecular flexibility index (Phi) is 4.70. The van der Waals surface area contributed by atoms with Crippen LogP contribution >= 0.6 is 0 Å². The van der Waals surface area contributed by atoms with Crippen molar-refractivity contribution < 1.29 is 9.66 Å². The van der Waals surface area contributed by atoms with Gasteiger partial charge in [0.05, 0.1) is 10.4 Å². The third-order valence-corrected chi connectivity index (χ3v) is 3.87. The quantitative estimate of drug-likeness (QED) is 0.488. The van der Waals surface area contributed by atoms with E-state index >= 15 is 0 Å². The summed E-state index contributed by atoms with van der Waals surface area (Å²) in [5.74, 6) is 0.686. The predicted molar refractivity (Wildman–Crippen MR) is 93.2 cm³/mol. The lowest BCUT2D eigenvalue weighted by Crippen LogP contribution is -1.99. The summed E-state index contributed by atoms with van der Waals surface area (Å²) in [5.41, 5.74) is 2.61. The highest BCUT2D eigenvalue weighted by Crippen LogP contribution is 2.30. The number of rotatable bonds is 6. The molecule has 122 valence electrons. The van der Waals surface area contributed by atoms with E-state index in [1.807, 2.05) is 55.5 Å². The zero-order valence-electron chi connectivity index (χ0n) is 13.4. The number of hydrogen-bond acceptors (Lipinski definition) is 4. The van der Waals surface area contributed by atoms with E-state index in [4.69, 9.17) is 4.74 Å². The van der Waals surface area contributed by atoms with E-state index in [0.717, 1.165) is 28.5 Å². The zero-order valence-corrected chi connectivity index (χ0v) is 13.4. The fourth-order valence-electron chi connectivity index (χ4n) is 2.72. The van der Waals surface area contributed by atoms with Gasteiger partial charge in [-0.2, -0.15) is 0 Å². The Morgan fingerprint density at radius 2 is 1.96 bits per heavy atom. The SMILES string of the molecule is CCCc1c([N+](=O)[O-])cnc2ccc(OCc3ccccc3)cc12. The molecule has 24 heavy (non-hydrogen) atoms. The number of aromatic nitrogens is 1. The molecule has 0 radical (unpaired) electrons. The highest BCUT2D eigenvalue weighted by atomic mass is 16.6. The van der Waals surface area contributed by atoms with Crippen LogP contribution < -0.4 is 4.74 Å². The van der Waals surface area contributed by atoms with Gasteiger partial charge in [-0.05, 0) is 30.2 Å². The molecule has 0 bridgehead atoms. The summed E-state index contributed by atoms with van der Waals surface area (Å²) in [7, 11) is 0. The smallest absolute Gasteiger partial charge is 0.291 e. The third kappa shape index (κ3) is 3.35. The molecule has 0 aliphatic rings. The Morgan fingerprint density at radius 3 is 2.67 bits per heavy atom. The lowest BCUT2D eigenvalue weighted by atomic mass is 10.0. The van der Waals surface area contributed by atoms with Crippen molar-refractivity contribution in [2.75, 3.05) is 0 Å². The topological polar surface area (TPSA) is 65.3 Å². The molecule has 0 unspecified atom stereocenters. The molecule has 1 heterocycles. The summed E-state index contributed by atoms with van der Waals surface area (Å²) in [6.07, 6.45) is 2.81. The molecule has 5 heteroatoms. The summed E-state index contributed by atoms with van der Waals surface area (Å²) in [5, 5.41) is 12.1. The molecular weight excluding hydrogens is 304 g/mol. The Bertz CT molecular complexity index is 863. The van der Waals surface area contributed by atoms with Gasteiger partial charge < -0.3 is 4.74 Å². The molecule has 3 aromatic rings. The first-order valence-corrected chi connectivity index (χ1v) is 7.91. The minimum Gasteiger partial charge on any atom is -0.489 e. The molecule has 0 saturated heterocycles. The fraction of sp³-hybridized carbons (Fsp3) is 0.211. The van der Waals surface area contributed by atoms with Crippen LogP contribution in [0.5, 0.6) is 5.75 Å². The van der Waals surface area contributed by atoms with E-state index in [2.05, 4.69) is 4.98 Å². The van der Waals surface area contributed by atoms with Crippen molar-refractivity contribution in [3.05, 3.63) is 76.0 Å². The molecule has 3 rings (SSSR count). The van der Waals surface area contributed by atoms with Crippen LogP contribution in [0.1, 0.15) is 24.5 Å². The Balaban J connectivity index is 1.96. The zero-order chi connectivity index (χ0) is 16.9. The molecule has 0 aliphatic carbocycles. The summed E-state index contributed by atoms with van der Waals surface area (Å²) >= 11 is 0. The molecule has 0 spiro atoms. The van der Waals surface area contributed by atoms with E-state index < -0.39 is 0 Å². The molecule has 5 nitrogen and oxygen atoms in total. The highest BCUT2D eigenvalue weighted by Gasteiger charge is 2.17. The Labute approximate surface area is 140 Å². The fourth-order valence-corrected chi connectivity index (χ4v) is 2.72. The second-order valence-corrected chi connectivity index (χ2v) is 5.58. The maximum Gasteiger partial charge on any atom is 0.291 e. The van der Waals surface area contributed by atoms with Crippen molar-refractivity contribution in [1.29, 1.82) is 0 Å². The first-order chi connectivity index (χ1) is 11.7. The number of nitrogens with zero attached hydrogens (tertiary/aromatic N) is 2. The maximum atomic E-state index is 11.3. The summed E-state index contributed by atoms with van der Waals surface area (Å²) < 4.78 is 5.84. The van der Waals surface area contributed by atoms with Crippen LogP contribution in [0.15, 0.2) is 54.7 Å². The largest absolute Gasteiger partial charge is 0.489 e. The van der Waals surface area contributed by atoms with Crippen molar-refractivity contribution in [1.82, 2.24) is 4.98 Å². The first kappa shape index (κ1) is 15.9. The number of hydrogen-bond donors (Lipinski definition) is 0. The van der Waals surface area contributed by atoms with Gasteiger partial charge in [0, 0.05) is 10.9 Å². The minimum absolute atomic E-state index is 0.0737. The third-order valence-electron chi connectivity index (χ3n) is 3.87. The predicted octanol–water partition coefficient (Wildman–Crippen LogP) is 4.67. The monoisotopic (exact) mass is 322 g/mol. The van der Waals surface area contributed by atoms with E-state index in [-0.39, 0.29) is 10.6 Å². The molecule has 0 N–H and O–H groups in total. The Morgan fingerprint density at radius 1 is 1.17 bits per heavy atom. The van der Waals surface area contributed by atoms with Gasteiger partial charge in [0.15, 0.2) is 0 Å². The summed E-state index contributed by atoms with van der Waals surface area (Å²) in [6, 6.07) is 15.4. The highest BCUT2D eigenvalue weighted by molar-refractivity contribution is 5.86. The molecule has 2 aromatic carbocycles. The van der Waals surface area contributed by atoms with Crippen molar-refractivity contribution >= 4 is 16.6 Å². The second kappa shape index (κ2) is 7.08. The molecule has 0 aliphatic heterocycles. The number of aryl methyl sites for hydroxylation is 1. The summed E-state index contributed by atoms with van der Waals surface area (Å²) in [4.78, 5) is 15.1. The minimum atomic E-state index is -0.366. The van der Waals surface area contributed by atoms with Crippen LogP contribution in [0, 0.1) is 10.1 Å². The van der Waals surface area contributed by atoms with Gasteiger partial charge >= 0.3 is 0 Å². The number of pyridine rings is 1. The molecule has 0 fully saturated rings. The van der Waals surface area contributed by atoms with Crippen molar-refractivity contribution in [2.24, 2.45) is 0 Å². The van der Waals surface area contributed by atoms with Crippen molar-refractivity contribution in [2.45, 2.75) is 26.4 Å². The van der Waals surface area contributed by atoms with E-state index in [9.17, 15) is 10.1 Å². The number of fused-ring (bicyclic) bond motifs is 1. The van der Waals surface area contributed by atoms with Crippen molar-refractivity contribution in [3.63, 3.8) is 0 Å². The van der Waals surface area contributed by atoms with E-state index in [1.54, 1.807) is 0 Å². The molecule has 0 saturated carbocycles. The van der Waals surface area contributed by atoms with Crippen LogP contribution in [0.4, 0.5) is 5.69 Å². The van der Waals surface area contributed by atoms with E-state index in [0.29, 0.717) is 18.8 Å². The average molecular weight is 322 g/mol. The standard InChI is InChI=1S/C19H18N2O3/c1-2-6-16-17-11-15(24-13-14-7-4-3-5-8-14)9-10-18(17)20-12-19(16)21(22)23/h3-5,7-12H,2,6,13H2,1H3. The van der Waals surface area contributed by atoms with Gasteiger partial charge in [0.25, 0.3) is 5.69 Å². The summed E-state index contributed by atoms with van der Waals surface area (Å²) in [6.45, 7) is 2.46. The van der Waals surface area contributed by atoms with Gasteiger partial charge in [-0.3, -0.25) is 10.1 Å². The van der Waals surface area contributed by atoms with Gasteiger partial charge in [-0.25, -0.2) is 4.98 Å². The van der Waals surface area contributed by atoms with Gasteiger partial charge in [0.2, 0.25) is 0 Å².